The van der Waals surface area contributed by atoms with Crippen molar-refractivity contribution in [3.63, 3.8) is 0 Å². The number of rotatable bonds is 4. The van der Waals surface area contributed by atoms with Crippen molar-refractivity contribution in [2.75, 3.05) is 16.2 Å². The van der Waals surface area contributed by atoms with Gasteiger partial charge in [0.15, 0.2) is 9.84 Å². The third-order valence-electron chi connectivity index (χ3n) is 4.33. The maximum atomic E-state index is 12.8. The summed E-state index contributed by atoms with van der Waals surface area (Å²) in [4.78, 5) is 0.0316. The first-order valence-electron chi connectivity index (χ1n) is 7.92. The molecule has 1 aliphatic heterocycles. The number of nitrogens with zero attached hydrogens (tertiary/aromatic N) is 3. The molecule has 26 heavy (non-hydrogen) atoms. The first-order chi connectivity index (χ1) is 12.1. The van der Waals surface area contributed by atoms with Crippen molar-refractivity contribution in [3.05, 3.63) is 41.2 Å². The fourth-order valence-corrected chi connectivity index (χ4v) is 6.36. The summed E-state index contributed by atoms with van der Waals surface area (Å²) in [5, 5.41) is 13.2. The van der Waals surface area contributed by atoms with E-state index < -0.39 is 19.9 Å². The number of nitriles is 1. The molecule has 1 aromatic heterocycles. The standard InChI is InChI=1S/C16H18N4O4S2/c1-11-16(12(2)20(18-11)15-6-7-25(21,22)10-15)26(23,24)19-14-5-3-4-13(8-14)9-17/h3-5,8,15,19H,6-7,10H2,1-2H3/t15-/m1/s1. The van der Waals surface area contributed by atoms with Crippen molar-refractivity contribution < 1.29 is 16.8 Å². The minimum absolute atomic E-state index is 0.0316. The van der Waals surface area contributed by atoms with Gasteiger partial charge in [-0.05, 0) is 38.5 Å². The zero-order valence-electron chi connectivity index (χ0n) is 14.3. The van der Waals surface area contributed by atoms with Crippen molar-refractivity contribution in [1.82, 2.24) is 9.78 Å². The SMILES string of the molecule is Cc1nn([C@@H]2CCS(=O)(=O)C2)c(C)c1S(=O)(=O)Nc1cccc(C#N)c1. The van der Waals surface area contributed by atoms with Crippen LogP contribution in [-0.4, -0.2) is 38.1 Å². The van der Waals surface area contributed by atoms with E-state index in [1.54, 1.807) is 32.0 Å². The Hall–Kier alpha value is -2.38. The lowest BCUT2D eigenvalue weighted by atomic mass is 10.2. The number of sulfone groups is 1. The van der Waals surface area contributed by atoms with Crippen molar-refractivity contribution >= 4 is 25.5 Å². The molecule has 1 aliphatic rings. The predicted octanol–water partition coefficient (Wildman–Crippen LogP) is 1.53. The Bertz CT molecular complexity index is 1110. The van der Waals surface area contributed by atoms with Crippen LogP contribution in [0.3, 0.4) is 0 Å². The van der Waals surface area contributed by atoms with Gasteiger partial charge in [-0.2, -0.15) is 10.4 Å². The quantitative estimate of drug-likeness (QED) is 0.839. The van der Waals surface area contributed by atoms with E-state index in [1.807, 2.05) is 6.07 Å². The summed E-state index contributed by atoms with van der Waals surface area (Å²) in [6.45, 7) is 3.19. The lowest BCUT2D eigenvalue weighted by Crippen LogP contribution is -2.17. The first-order valence-corrected chi connectivity index (χ1v) is 11.2. The van der Waals surface area contributed by atoms with E-state index in [-0.39, 0.29) is 28.1 Å². The van der Waals surface area contributed by atoms with Crippen LogP contribution in [0.5, 0.6) is 0 Å². The van der Waals surface area contributed by atoms with E-state index >= 15 is 0 Å². The molecule has 138 valence electrons. The first kappa shape index (κ1) is 18.4. The Morgan fingerprint density at radius 1 is 1.35 bits per heavy atom. The second-order valence-corrected chi connectivity index (χ2v) is 10.1. The highest BCUT2D eigenvalue weighted by Crippen LogP contribution is 2.29. The third kappa shape index (κ3) is 3.45. The molecule has 1 fully saturated rings. The average molecular weight is 394 g/mol. The predicted molar refractivity (Wildman–Crippen MR) is 96.0 cm³/mol. The zero-order valence-corrected chi connectivity index (χ0v) is 15.9. The lowest BCUT2D eigenvalue weighted by Gasteiger charge is -2.12. The Balaban J connectivity index is 1.97. The summed E-state index contributed by atoms with van der Waals surface area (Å²) >= 11 is 0. The Morgan fingerprint density at radius 2 is 2.08 bits per heavy atom. The highest BCUT2D eigenvalue weighted by molar-refractivity contribution is 7.92. The fraction of sp³-hybridized carbons (Fsp3) is 0.375. The molecule has 3 rings (SSSR count). The van der Waals surface area contributed by atoms with Gasteiger partial charge in [-0.25, -0.2) is 16.8 Å². The average Bonchev–Trinajstić information content (AvgIpc) is 3.06. The molecule has 1 atom stereocenters. The van der Waals surface area contributed by atoms with Gasteiger partial charge in [0.1, 0.15) is 4.90 Å². The van der Waals surface area contributed by atoms with Crippen LogP contribution in [0.15, 0.2) is 29.2 Å². The monoisotopic (exact) mass is 394 g/mol. The van der Waals surface area contributed by atoms with Crippen LogP contribution in [0.25, 0.3) is 0 Å². The number of anilines is 1. The molecule has 2 aromatic rings. The van der Waals surface area contributed by atoms with Gasteiger partial charge in [0.2, 0.25) is 0 Å². The maximum Gasteiger partial charge on any atom is 0.265 e. The molecular weight excluding hydrogens is 376 g/mol. The number of benzene rings is 1. The van der Waals surface area contributed by atoms with Gasteiger partial charge in [0, 0.05) is 0 Å². The molecular formula is C16H18N4O4S2. The molecule has 0 bridgehead atoms. The lowest BCUT2D eigenvalue weighted by molar-refractivity contribution is 0.484. The van der Waals surface area contributed by atoms with E-state index in [1.165, 1.54) is 10.7 Å². The van der Waals surface area contributed by atoms with Gasteiger partial charge >= 0.3 is 0 Å². The van der Waals surface area contributed by atoms with Gasteiger partial charge < -0.3 is 0 Å². The molecule has 0 unspecified atom stereocenters. The van der Waals surface area contributed by atoms with Crippen LogP contribution in [0.1, 0.15) is 29.4 Å². The molecule has 0 spiro atoms. The molecule has 0 aliphatic carbocycles. The zero-order chi connectivity index (χ0) is 19.1. The van der Waals surface area contributed by atoms with E-state index in [4.69, 9.17) is 5.26 Å². The molecule has 0 amide bonds. The summed E-state index contributed by atoms with van der Waals surface area (Å²) in [6, 6.07) is 7.76. The summed E-state index contributed by atoms with van der Waals surface area (Å²) in [5.74, 6) is 0.0450. The Kier molecular flexibility index (Phi) is 4.54. The molecule has 0 saturated carbocycles. The van der Waals surface area contributed by atoms with Crippen LogP contribution in [0.4, 0.5) is 5.69 Å². The highest BCUT2D eigenvalue weighted by atomic mass is 32.2. The third-order valence-corrected chi connectivity index (χ3v) is 7.71. The van der Waals surface area contributed by atoms with E-state index in [0.29, 0.717) is 23.4 Å². The molecule has 1 aromatic carbocycles. The summed E-state index contributed by atoms with van der Waals surface area (Å²) in [7, 11) is -7.04. The molecule has 1 saturated heterocycles. The largest absolute Gasteiger partial charge is 0.279 e. The van der Waals surface area contributed by atoms with E-state index in [0.717, 1.165) is 0 Å². The van der Waals surface area contributed by atoms with Crippen LogP contribution < -0.4 is 4.72 Å². The van der Waals surface area contributed by atoms with Gasteiger partial charge in [-0.3, -0.25) is 9.40 Å². The number of hydrogen-bond acceptors (Lipinski definition) is 6. The second kappa shape index (κ2) is 6.41. The van der Waals surface area contributed by atoms with Crippen molar-refractivity contribution in [1.29, 1.82) is 5.26 Å². The number of nitrogens with one attached hydrogen (secondary N) is 1. The number of aryl methyl sites for hydroxylation is 1. The molecule has 0 radical (unpaired) electrons. The van der Waals surface area contributed by atoms with Crippen molar-refractivity contribution in [3.8, 4) is 6.07 Å². The van der Waals surface area contributed by atoms with Crippen LogP contribution in [0.2, 0.25) is 0 Å². The summed E-state index contributed by atoms with van der Waals surface area (Å²) in [5.41, 5.74) is 1.31. The smallest absolute Gasteiger partial charge is 0.265 e. The van der Waals surface area contributed by atoms with Crippen molar-refractivity contribution in [2.45, 2.75) is 31.2 Å². The number of aromatic nitrogens is 2. The van der Waals surface area contributed by atoms with Gasteiger partial charge in [-0.1, -0.05) is 6.07 Å². The summed E-state index contributed by atoms with van der Waals surface area (Å²) in [6.07, 6.45) is 0.418. The Morgan fingerprint density at radius 3 is 2.69 bits per heavy atom. The number of hydrogen-bond donors (Lipinski definition) is 1. The van der Waals surface area contributed by atoms with E-state index in [9.17, 15) is 16.8 Å². The minimum atomic E-state index is -3.93. The van der Waals surface area contributed by atoms with Crippen LogP contribution in [0, 0.1) is 25.2 Å². The Labute approximate surface area is 152 Å². The van der Waals surface area contributed by atoms with Crippen LogP contribution in [-0.2, 0) is 19.9 Å². The van der Waals surface area contributed by atoms with Gasteiger partial charge in [0.25, 0.3) is 10.0 Å². The van der Waals surface area contributed by atoms with Crippen molar-refractivity contribution in [2.24, 2.45) is 0 Å². The molecule has 2 heterocycles. The fourth-order valence-electron chi connectivity index (χ4n) is 3.22. The molecule has 8 nitrogen and oxygen atoms in total. The maximum absolute atomic E-state index is 12.8. The van der Waals surface area contributed by atoms with Gasteiger partial charge in [0.05, 0.1) is 46.3 Å². The topological polar surface area (TPSA) is 122 Å². The number of sulfonamides is 1. The highest BCUT2D eigenvalue weighted by Gasteiger charge is 2.33. The van der Waals surface area contributed by atoms with Crippen LogP contribution >= 0.6 is 0 Å². The normalized spacial score (nSPS) is 19.2. The minimum Gasteiger partial charge on any atom is -0.279 e. The van der Waals surface area contributed by atoms with Gasteiger partial charge in [-0.15, -0.1) is 0 Å². The van der Waals surface area contributed by atoms with E-state index in [2.05, 4.69) is 9.82 Å². The summed E-state index contributed by atoms with van der Waals surface area (Å²) < 4.78 is 53.1. The molecule has 10 heteroatoms. The molecule has 1 N–H and O–H groups in total. The second-order valence-electron chi connectivity index (χ2n) is 6.30.